The van der Waals surface area contributed by atoms with Gasteiger partial charge in [-0.25, -0.2) is 9.18 Å². The molecule has 1 aliphatic rings. The summed E-state index contributed by atoms with van der Waals surface area (Å²) in [6, 6.07) is -1.82. The molecule has 0 bridgehead atoms. The highest BCUT2D eigenvalue weighted by molar-refractivity contribution is 5.79. The fourth-order valence-electron chi connectivity index (χ4n) is 3.08. The molecule has 0 saturated carbocycles. The summed E-state index contributed by atoms with van der Waals surface area (Å²) >= 11 is 0. The molecule has 0 aliphatic carbocycles. The molecule has 1 heterocycles. The van der Waals surface area contributed by atoms with Crippen LogP contribution >= 0.6 is 0 Å². The van der Waals surface area contributed by atoms with Gasteiger partial charge in [0.2, 0.25) is 5.91 Å². The van der Waals surface area contributed by atoms with Gasteiger partial charge in [0.05, 0.1) is 19.8 Å². The molecule has 1 saturated heterocycles. The van der Waals surface area contributed by atoms with Crippen molar-refractivity contribution in [1.29, 1.82) is 0 Å². The Kier molecular flexibility index (Phi) is 9.95. The number of aliphatic hydroxyl groups is 2. The summed E-state index contributed by atoms with van der Waals surface area (Å²) in [5, 5.41) is 22.2. The van der Waals surface area contributed by atoms with Crippen molar-refractivity contribution in [2.45, 2.75) is 69.2 Å². The van der Waals surface area contributed by atoms with Crippen LogP contribution in [0.1, 0.15) is 26.7 Å². The van der Waals surface area contributed by atoms with Crippen molar-refractivity contribution < 1.29 is 57.1 Å². The van der Waals surface area contributed by atoms with Gasteiger partial charge in [-0.05, 0) is 0 Å². The van der Waals surface area contributed by atoms with Crippen LogP contribution in [0.2, 0.25) is 0 Å². The van der Waals surface area contributed by atoms with Crippen LogP contribution in [0.4, 0.5) is 8.78 Å². The van der Waals surface area contributed by atoms with Gasteiger partial charge in [0, 0.05) is 26.7 Å². The second kappa shape index (κ2) is 11.7. The van der Waals surface area contributed by atoms with Gasteiger partial charge in [0.25, 0.3) is 0 Å². The molecule has 32 heavy (non-hydrogen) atoms. The van der Waals surface area contributed by atoms with Gasteiger partial charge < -0.3 is 34.5 Å². The van der Waals surface area contributed by atoms with E-state index in [1.165, 1.54) is 0 Å². The number of carbonyl (C=O) groups is 4. The molecule has 0 radical (unpaired) electrons. The molecule has 5 unspecified atom stereocenters. The molecular weight excluding hydrogens is 440 g/mol. The predicted octanol–water partition coefficient (Wildman–Crippen LogP) is -1.32. The molecule has 0 aromatic heterocycles. The number of terminal acetylenes is 1. The van der Waals surface area contributed by atoms with Crippen molar-refractivity contribution in [1.82, 2.24) is 5.32 Å². The van der Waals surface area contributed by atoms with E-state index in [9.17, 15) is 33.8 Å². The molecule has 1 rings (SSSR count). The number of nitrogens with one attached hydrogen (secondary N) is 1. The highest BCUT2D eigenvalue weighted by Crippen LogP contribution is 2.37. The summed E-state index contributed by atoms with van der Waals surface area (Å²) < 4.78 is 48.9. The van der Waals surface area contributed by atoms with E-state index in [0.29, 0.717) is 0 Å². The van der Waals surface area contributed by atoms with Gasteiger partial charge in [-0.3, -0.25) is 14.4 Å². The van der Waals surface area contributed by atoms with E-state index in [4.69, 9.17) is 20.6 Å². The van der Waals surface area contributed by atoms with E-state index in [2.05, 4.69) is 16.0 Å². The lowest BCUT2D eigenvalue weighted by atomic mass is 9.87. The second-order valence-corrected chi connectivity index (χ2v) is 6.81. The first-order valence-electron chi connectivity index (χ1n) is 9.38. The highest BCUT2D eigenvalue weighted by atomic mass is 19.2. The third-order valence-electron chi connectivity index (χ3n) is 4.46. The average Bonchev–Trinajstić information content (AvgIpc) is 2.73. The SMILES string of the molecule is C#CCCC(=O)NC1C(O)C(F)C(F)(C(=O)OC)OC1[C@H](OC(C)=O)[C@@H](CO)OC(C)=O. The van der Waals surface area contributed by atoms with E-state index in [1.54, 1.807) is 0 Å². The Hall–Kier alpha value is -2.82. The first-order chi connectivity index (χ1) is 14.9. The van der Waals surface area contributed by atoms with Crippen LogP contribution in [0.3, 0.4) is 0 Å². The Morgan fingerprint density at radius 2 is 1.84 bits per heavy atom. The minimum absolute atomic E-state index is 0.0332. The maximum Gasteiger partial charge on any atom is 0.375 e. The monoisotopic (exact) mass is 465 g/mol. The molecule has 1 amide bonds. The van der Waals surface area contributed by atoms with E-state index < -0.39 is 72.9 Å². The number of alkyl halides is 2. The van der Waals surface area contributed by atoms with Crippen LogP contribution in [0.5, 0.6) is 0 Å². The van der Waals surface area contributed by atoms with Crippen LogP contribution in [0, 0.1) is 12.3 Å². The summed E-state index contributed by atoms with van der Waals surface area (Å²) in [6.07, 6.45) is -6.28. The second-order valence-electron chi connectivity index (χ2n) is 6.81. The van der Waals surface area contributed by atoms with Crippen LogP contribution in [0.25, 0.3) is 0 Å². The number of carbonyl (C=O) groups excluding carboxylic acids is 4. The summed E-state index contributed by atoms with van der Waals surface area (Å²) in [5.74, 6) is -6.34. The van der Waals surface area contributed by atoms with Crippen molar-refractivity contribution >= 4 is 23.8 Å². The summed E-state index contributed by atoms with van der Waals surface area (Å²) in [6.45, 7) is 0.881. The third-order valence-corrected chi connectivity index (χ3v) is 4.46. The Bertz CT molecular complexity index is 757. The van der Waals surface area contributed by atoms with Gasteiger partial charge in [-0.1, -0.05) is 0 Å². The summed E-state index contributed by atoms with van der Waals surface area (Å²) in [7, 11) is 0.730. The molecule has 1 fully saturated rings. The standard InChI is InChI=1S/C19H25F2NO10/c1-5-6-7-12(26)22-13-14(27)17(20)19(21,18(28)29-4)32-16(13)15(31-10(3)25)11(8-23)30-9(2)24/h1,11,13-17,23,27H,6-8H2,2-4H3,(H,22,26)/t11-,13?,14?,15-,16?,17?,19?/m1/s1. The zero-order chi connectivity index (χ0) is 24.6. The zero-order valence-electron chi connectivity index (χ0n) is 17.6. The Labute approximate surface area is 182 Å². The lowest BCUT2D eigenvalue weighted by molar-refractivity contribution is -0.296. The fourth-order valence-corrected chi connectivity index (χ4v) is 3.08. The molecule has 0 aromatic rings. The van der Waals surface area contributed by atoms with Gasteiger partial charge in [0.1, 0.15) is 12.2 Å². The first kappa shape index (κ1) is 27.2. The quantitative estimate of drug-likeness (QED) is 0.212. The van der Waals surface area contributed by atoms with Gasteiger partial charge in [-0.15, -0.1) is 12.3 Å². The molecule has 0 aromatic carbocycles. The zero-order valence-corrected chi connectivity index (χ0v) is 17.6. The van der Waals surface area contributed by atoms with Crippen molar-refractivity contribution in [2.75, 3.05) is 13.7 Å². The normalized spacial score (nSPS) is 29.1. The number of hydrogen-bond acceptors (Lipinski definition) is 10. The molecule has 3 N–H and O–H groups in total. The number of amides is 1. The number of ether oxygens (including phenoxy) is 4. The number of esters is 3. The lowest BCUT2D eigenvalue weighted by Gasteiger charge is -2.46. The topological polar surface area (TPSA) is 158 Å². The van der Waals surface area contributed by atoms with E-state index >= 15 is 4.39 Å². The lowest BCUT2D eigenvalue weighted by Crippen LogP contribution is -2.71. The Morgan fingerprint density at radius 1 is 1.25 bits per heavy atom. The molecule has 1 aliphatic heterocycles. The number of methoxy groups -OCH3 is 1. The summed E-state index contributed by atoms with van der Waals surface area (Å²) in [4.78, 5) is 47.1. The summed E-state index contributed by atoms with van der Waals surface area (Å²) in [5.41, 5.74) is 0. The van der Waals surface area contributed by atoms with Crippen molar-refractivity contribution in [3.8, 4) is 12.3 Å². The van der Waals surface area contributed by atoms with E-state index in [1.807, 2.05) is 0 Å². The maximum atomic E-state index is 15.2. The molecular formula is C19H25F2NO10. The largest absolute Gasteiger partial charge is 0.465 e. The Balaban J connectivity index is 3.50. The predicted molar refractivity (Wildman–Crippen MR) is 99.8 cm³/mol. The third kappa shape index (κ3) is 6.35. The number of rotatable bonds is 9. The van der Waals surface area contributed by atoms with Crippen LogP contribution < -0.4 is 5.32 Å². The fraction of sp³-hybridized carbons (Fsp3) is 0.684. The van der Waals surface area contributed by atoms with Crippen molar-refractivity contribution in [3.63, 3.8) is 0 Å². The van der Waals surface area contributed by atoms with Crippen molar-refractivity contribution in [3.05, 3.63) is 0 Å². The van der Waals surface area contributed by atoms with Crippen molar-refractivity contribution in [2.24, 2.45) is 0 Å². The van der Waals surface area contributed by atoms with Gasteiger partial charge in [0.15, 0.2) is 18.4 Å². The number of halogens is 2. The molecule has 13 heteroatoms. The molecule has 7 atom stereocenters. The van der Waals surface area contributed by atoms with Crippen LogP contribution in [-0.2, 0) is 38.1 Å². The van der Waals surface area contributed by atoms with Crippen LogP contribution in [-0.4, -0.2) is 90.2 Å². The Morgan fingerprint density at radius 3 is 2.31 bits per heavy atom. The smallest absolute Gasteiger partial charge is 0.375 e. The number of hydrogen-bond donors (Lipinski definition) is 3. The maximum absolute atomic E-state index is 15.2. The van der Waals surface area contributed by atoms with Gasteiger partial charge in [-0.2, -0.15) is 4.39 Å². The van der Waals surface area contributed by atoms with Crippen LogP contribution in [0.15, 0.2) is 0 Å². The molecule has 11 nitrogen and oxygen atoms in total. The minimum atomic E-state index is -3.88. The molecule has 180 valence electrons. The first-order valence-corrected chi connectivity index (χ1v) is 9.38. The van der Waals surface area contributed by atoms with E-state index in [0.717, 1.165) is 21.0 Å². The highest BCUT2D eigenvalue weighted by Gasteiger charge is 2.64. The minimum Gasteiger partial charge on any atom is -0.465 e. The average molecular weight is 465 g/mol. The number of aliphatic hydroxyl groups excluding tert-OH is 2. The molecule has 0 spiro atoms. The van der Waals surface area contributed by atoms with E-state index in [-0.39, 0.29) is 12.8 Å². The van der Waals surface area contributed by atoms with Gasteiger partial charge >= 0.3 is 23.8 Å².